The number of nitrogens with zero attached hydrogens (tertiary/aromatic N) is 4. The van der Waals surface area contributed by atoms with Crippen LogP contribution in [-0.2, 0) is 24.1 Å². The lowest BCUT2D eigenvalue weighted by Crippen LogP contribution is -2.53. The molecule has 5 rings (SSSR count). The molecule has 192 valence electrons. The van der Waals surface area contributed by atoms with E-state index in [1.165, 1.54) is 12.1 Å². The van der Waals surface area contributed by atoms with Gasteiger partial charge in [-0.1, -0.05) is 6.07 Å². The van der Waals surface area contributed by atoms with Gasteiger partial charge in [0, 0.05) is 18.2 Å². The van der Waals surface area contributed by atoms with Gasteiger partial charge in [-0.15, -0.1) is 0 Å². The Hall–Kier alpha value is -4.11. The Morgan fingerprint density at radius 2 is 2.03 bits per heavy atom. The van der Waals surface area contributed by atoms with E-state index >= 15 is 0 Å². The van der Waals surface area contributed by atoms with E-state index in [1.807, 2.05) is 6.92 Å². The van der Waals surface area contributed by atoms with Crippen LogP contribution in [0.5, 0.6) is 17.4 Å². The number of hydrogen-bond donors (Lipinski definition) is 0. The van der Waals surface area contributed by atoms with Crippen molar-refractivity contribution >= 4 is 11.5 Å². The summed E-state index contributed by atoms with van der Waals surface area (Å²) in [5.74, 6) is -0.714. The molecular formula is C25H20F4N4O4. The first-order chi connectivity index (χ1) is 17.6. The second-order valence-corrected chi connectivity index (χ2v) is 9.00. The predicted octanol–water partition coefficient (Wildman–Crippen LogP) is 4.93. The Morgan fingerprint density at radius 1 is 1.22 bits per heavy atom. The van der Waals surface area contributed by atoms with E-state index in [0.29, 0.717) is 49.8 Å². The van der Waals surface area contributed by atoms with Crippen LogP contribution in [0.15, 0.2) is 47.3 Å². The lowest BCUT2D eigenvalue weighted by atomic mass is 10.0. The Morgan fingerprint density at radius 3 is 2.76 bits per heavy atom. The molecule has 37 heavy (non-hydrogen) atoms. The lowest BCUT2D eigenvalue weighted by Gasteiger charge is -2.39. The number of rotatable bonds is 5. The van der Waals surface area contributed by atoms with E-state index in [0.717, 1.165) is 12.1 Å². The van der Waals surface area contributed by atoms with E-state index in [9.17, 15) is 22.4 Å². The Kier molecular flexibility index (Phi) is 6.03. The molecule has 3 heterocycles. The fourth-order valence-electron chi connectivity index (χ4n) is 4.45. The first kappa shape index (κ1) is 24.6. The third kappa shape index (κ3) is 4.82. The highest BCUT2D eigenvalue weighted by Crippen LogP contribution is 2.38. The molecule has 12 heteroatoms. The number of fused-ring (bicyclic) bond motifs is 3. The van der Waals surface area contributed by atoms with Crippen molar-refractivity contribution in [3.05, 3.63) is 81.3 Å². The molecule has 0 amide bonds. The highest BCUT2D eigenvalue weighted by Gasteiger charge is 2.43. The van der Waals surface area contributed by atoms with E-state index in [4.69, 9.17) is 20.8 Å². The normalized spacial score (nSPS) is 18.6. The van der Waals surface area contributed by atoms with Crippen molar-refractivity contribution in [3.63, 3.8) is 0 Å². The summed E-state index contributed by atoms with van der Waals surface area (Å²) in [6.07, 6.45) is -4.69. The fraction of sp³-hybridized carbons (Fsp3) is 0.320. The smallest absolute Gasteiger partial charge is 0.415 e. The molecule has 1 saturated heterocycles. The van der Waals surface area contributed by atoms with Crippen molar-refractivity contribution < 1.29 is 31.8 Å². The van der Waals surface area contributed by atoms with Crippen LogP contribution < -0.4 is 20.1 Å². The van der Waals surface area contributed by atoms with Gasteiger partial charge in [0.05, 0.1) is 31.9 Å². The first-order valence-electron chi connectivity index (χ1n) is 11.2. The summed E-state index contributed by atoms with van der Waals surface area (Å²) in [5, 5.41) is 0. The number of benzene rings is 2. The third-order valence-corrected chi connectivity index (χ3v) is 6.22. The van der Waals surface area contributed by atoms with Gasteiger partial charge in [-0.2, -0.15) is 18.2 Å². The van der Waals surface area contributed by atoms with Gasteiger partial charge in [0.15, 0.2) is 17.3 Å². The molecule has 8 nitrogen and oxygen atoms in total. The molecule has 3 aromatic rings. The Balaban J connectivity index is 1.31. The maximum atomic E-state index is 14.7. The summed E-state index contributed by atoms with van der Waals surface area (Å²) in [7, 11) is 0. The summed E-state index contributed by atoms with van der Waals surface area (Å²) in [4.78, 5) is 21.6. The maximum absolute atomic E-state index is 14.7. The zero-order valence-electron chi connectivity index (χ0n) is 19.5. The van der Waals surface area contributed by atoms with Gasteiger partial charge in [0.1, 0.15) is 18.2 Å². The third-order valence-electron chi connectivity index (χ3n) is 6.22. The van der Waals surface area contributed by atoms with E-state index in [2.05, 4.69) is 14.7 Å². The number of hydrogen-bond acceptors (Lipinski definition) is 6. The van der Waals surface area contributed by atoms with Gasteiger partial charge in [0.2, 0.25) is 5.88 Å². The number of halogens is 4. The average Bonchev–Trinajstić information content (AvgIpc) is 3.16. The van der Waals surface area contributed by atoms with Crippen LogP contribution >= 0.6 is 0 Å². The summed E-state index contributed by atoms with van der Waals surface area (Å²) < 4.78 is 72.1. The summed E-state index contributed by atoms with van der Waals surface area (Å²) in [6.45, 7) is 11.0. The second kappa shape index (κ2) is 9.08. The van der Waals surface area contributed by atoms with Crippen LogP contribution in [0.3, 0.4) is 0 Å². The molecule has 0 aliphatic carbocycles. The molecule has 0 spiro atoms. The average molecular weight is 516 g/mol. The van der Waals surface area contributed by atoms with E-state index < -0.39 is 23.2 Å². The largest absolute Gasteiger partial charge is 0.473 e. The monoisotopic (exact) mass is 516 g/mol. The van der Waals surface area contributed by atoms with Crippen LogP contribution in [0, 0.1) is 12.4 Å². The van der Waals surface area contributed by atoms with Crippen molar-refractivity contribution in [2.75, 3.05) is 24.7 Å². The van der Waals surface area contributed by atoms with Gasteiger partial charge < -0.3 is 19.1 Å². The number of ether oxygens (including phenoxy) is 3. The molecule has 1 atom stereocenters. The van der Waals surface area contributed by atoms with Crippen molar-refractivity contribution in [3.8, 4) is 17.4 Å². The second-order valence-electron chi connectivity index (χ2n) is 9.00. The van der Waals surface area contributed by atoms with Gasteiger partial charge in [0.25, 0.3) is 0 Å². The van der Waals surface area contributed by atoms with Crippen LogP contribution in [0.4, 0.5) is 29.1 Å². The topological polar surface area (TPSA) is 70.2 Å². The minimum Gasteiger partial charge on any atom is -0.473 e. The molecule has 0 saturated carbocycles. The molecule has 2 aliphatic rings. The van der Waals surface area contributed by atoms with Crippen LogP contribution in [0.25, 0.3) is 4.85 Å². The highest BCUT2D eigenvalue weighted by molar-refractivity contribution is 5.54. The maximum Gasteiger partial charge on any atom is 0.415 e. The zero-order valence-corrected chi connectivity index (χ0v) is 19.5. The van der Waals surface area contributed by atoms with Gasteiger partial charge in [-0.25, -0.2) is 14.0 Å². The molecule has 0 bridgehead atoms. The van der Waals surface area contributed by atoms with E-state index in [-0.39, 0.29) is 35.2 Å². The molecule has 1 fully saturated rings. The molecule has 0 N–H and O–H groups in total. The quantitative estimate of drug-likeness (QED) is 0.354. The van der Waals surface area contributed by atoms with Gasteiger partial charge >= 0.3 is 11.9 Å². The summed E-state index contributed by atoms with van der Waals surface area (Å²) in [6, 6.07) is 7.97. The minimum atomic E-state index is -4.69. The number of morpholine rings is 1. The Labute approximate surface area is 208 Å². The van der Waals surface area contributed by atoms with Crippen molar-refractivity contribution in [1.82, 2.24) is 9.55 Å². The number of aromatic nitrogens is 2. The zero-order chi connectivity index (χ0) is 26.4. The van der Waals surface area contributed by atoms with Crippen LogP contribution in [0.1, 0.15) is 18.1 Å². The molecular weight excluding hydrogens is 496 g/mol. The SMILES string of the molecule is [C-]#[N+]c1cc(Oc2ccc(COc3cc4n(c(=O)n3)CC3(C)COCCN43)cc2F)cc(C(F)(F)F)c1. The number of anilines is 1. The fourth-order valence-corrected chi connectivity index (χ4v) is 4.45. The van der Waals surface area contributed by atoms with Crippen molar-refractivity contribution in [2.24, 2.45) is 0 Å². The summed E-state index contributed by atoms with van der Waals surface area (Å²) in [5.41, 5.74) is -1.78. The molecule has 1 unspecified atom stereocenters. The molecule has 2 aliphatic heterocycles. The molecule has 2 aromatic carbocycles. The van der Waals surface area contributed by atoms with Crippen LogP contribution in [0.2, 0.25) is 0 Å². The van der Waals surface area contributed by atoms with Gasteiger partial charge in [-0.05, 0) is 42.8 Å². The highest BCUT2D eigenvalue weighted by atomic mass is 19.4. The lowest BCUT2D eigenvalue weighted by molar-refractivity contribution is -0.137. The number of alkyl halides is 3. The molecule has 0 radical (unpaired) electrons. The van der Waals surface area contributed by atoms with Crippen molar-refractivity contribution in [1.29, 1.82) is 0 Å². The van der Waals surface area contributed by atoms with E-state index in [1.54, 1.807) is 10.6 Å². The van der Waals surface area contributed by atoms with Crippen molar-refractivity contribution in [2.45, 2.75) is 31.8 Å². The van der Waals surface area contributed by atoms with Crippen LogP contribution in [-0.4, -0.2) is 34.8 Å². The standard InChI is InChI=1S/C25H20F4N4O4/c1-24-13-32-22(33(24)5-6-35-14-24)11-21(31-23(32)34)36-12-15-3-4-20(19(26)7-15)37-18-9-16(25(27,28)29)8-17(10-18)30-2/h3-4,7-11H,5-6,12-14H2,1H3. The first-order valence-corrected chi connectivity index (χ1v) is 11.2. The van der Waals surface area contributed by atoms with Gasteiger partial charge in [-0.3, -0.25) is 4.57 Å². The minimum absolute atomic E-state index is 0.0864. The summed E-state index contributed by atoms with van der Waals surface area (Å²) >= 11 is 0. The predicted molar refractivity (Wildman–Crippen MR) is 124 cm³/mol. The Bertz CT molecular complexity index is 1470. The molecule has 1 aromatic heterocycles.